The Hall–Kier alpha value is -2.41. The molecule has 1 heterocycles. The van der Waals surface area contributed by atoms with Crippen molar-refractivity contribution < 1.29 is 13.9 Å². The Morgan fingerprint density at radius 2 is 1.96 bits per heavy atom. The Morgan fingerprint density at radius 3 is 2.62 bits per heavy atom. The van der Waals surface area contributed by atoms with Crippen LogP contribution in [0.15, 0.2) is 21.7 Å². The number of benzene rings is 1. The molecule has 26 heavy (non-hydrogen) atoms. The summed E-state index contributed by atoms with van der Waals surface area (Å²) >= 11 is 5.96. The first kappa shape index (κ1) is 18.4. The van der Waals surface area contributed by atoms with E-state index < -0.39 is 29.1 Å². The van der Waals surface area contributed by atoms with Crippen LogP contribution in [0.25, 0.3) is 5.69 Å². The molecule has 3 rings (SSSR count). The van der Waals surface area contributed by atoms with Crippen molar-refractivity contribution in [2.75, 3.05) is 0 Å². The summed E-state index contributed by atoms with van der Waals surface area (Å²) in [5, 5.41) is -0.150. The van der Waals surface area contributed by atoms with Gasteiger partial charge in [0.15, 0.2) is 0 Å². The minimum absolute atomic E-state index is 0.105. The summed E-state index contributed by atoms with van der Waals surface area (Å²) in [6, 6.07) is 2.00. The molecule has 0 saturated heterocycles. The fourth-order valence-corrected chi connectivity index (χ4v) is 3.40. The normalized spacial score (nSPS) is 13.2. The second kappa shape index (κ2) is 6.72. The number of hydrogen-bond acceptors (Lipinski definition) is 4. The molecule has 8 heteroatoms. The summed E-state index contributed by atoms with van der Waals surface area (Å²) in [5.41, 5.74) is -0.487. The lowest BCUT2D eigenvalue weighted by molar-refractivity contribution is 0.0378. The predicted molar refractivity (Wildman–Crippen MR) is 94.8 cm³/mol. The first-order chi connectivity index (χ1) is 12.2. The van der Waals surface area contributed by atoms with Crippen LogP contribution in [-0.2, 0) is 24.6 Å². The molecule has 0 spiro atoms. The van der Waals surface area contributed by atoms with Crippen molar-refractivity contribution in [1.82, 2.24) is 9.13 Å². The molecule has 2 aromatic rings. The van der Waals surface area contributed by atoms with Gasteiger partial charge in [-0.05, 0) is 45.2 Å². The molecule has 0 radical (unpaired) electrons. The van der Waals surface area contributed by atoms with E-state index in [1.807, 2.05) is 0 Å². The number of carbonyl (C=O) groups is 1. The molecule has 0 atom stereocenters. The van der Waals surface area contributed by atoms with Gasteiger partial charge in [0.25, 0.3) is 5.56 Å². The second-order valence-corrected chi connectivity index (χ2v) is 6.91. The van der Waals surface area contributed by atoms with E-state index in [0.717, 1.165) is 23.1 Å². The molecule has 6 nitrogen and oxygen atoms in total. The Labute approximate surface area is 153 Å². The minimum Gasteiger partial charge on any atom is -0.459 e. The van der Waals surface area contributed by atoms with Crippen molar-refractivity contribution in [3.63, 3.8) is 0 Å². The number of ether oxygens (including phenoxy) is 1. The molecule has 1 aliphatic carbocycles. The SMILES string of the molecule is CC(C)OC(=O)c1cc(-n2c(=O)c3c(n(C)c2=O)CCC3)c(F)cc1Cl. The lowest BCUT2D eigenvalue weighted by Crippen LogP contribution is -2.41. The molecule has 0 unspecified atom stereocenters. The molecule has 0 saturated carbocycles. The molecule has 1 aromatic heterocycles. The fraction of sp³-hybridized carbons (Fsp3) is 0.389. The third kappa shape index (κ3) is 2.96. The zero-order valence-electron chi connectivity index (χ0n) is 14.6. The van der Waals surface area contributed by atoms with Crippen LogP contribution < -0.4 is 11.2 Å². The van der Waals surface area contributed by atoms with Crippen molar-refractivity contribution in [1.29, 1.82) is 0 Å². The van der Waals surface area contributed by atoms with Gasteiger partial charge in [0.1, 0.15) is 5.82 Å². The van der Waals surface area contributed by atoms with Crippen molar-refractivity contribution >= 4 is 17.6 Å². The first-order valence-corrected chi connectivity index (χ1v) is 8.64. The second-order valence-electron chi connectivity index (χ2n) is 6.50. The van der Waals surface area contributed by atoms with Crippen LogP contribution in [0.3, 0.4) is 0 Å². The van der Waals surface area contributed by atoms with E-state index in [0.29, 0.717) is 24.1 Å². The molecular weight excluding hydrogens is 363 g/mol. The minimum atomic E-state index is -0.867. The van der Waals surface area contributed by atoms with Gasteiger partial charge in [0.05, 0.1) is 22.4 Å². The number of carbonyl (C=O) groups excluding carboxylic acids is 1. The molecule has 138 valence electrons. The molecule has 0 N–H and O–H groups in total. The van der Waals surface area contributed by atoms with Gasteiger partial charge in [-0.3, -0.25) is 4.79 Å². The Balaban J connectivity index is 2.26. The van der Waals surface area contributed by atoms with Gasteiger partial charge in [0.2, 0.25) is 0 Å². The van der Waals surface area contributed by atoms with Crippen LogP contribution in [0.1, 0.15) is 41.9 Å². The maximum Gasteiger partial charge on any atom is 0.339 e. The average Bonchev–Trinajstić information content (AvgIpc) is 3.04. The smallest absolute Gasteiger partial charge is 0.339 e. The van der Waals surface area contributed by atoms with Crippen LogP contribution >= 0.6 is 11.6 Å². The molecule has 1 aromatic carbocycles. The van der Waals surface area contributed by atoms with Gasteiger partial charge in [-0.25, -0.2) is 18.5 Å². The number of aromatic nitrogens is 2. The summed E-state index contributed by atoms with van der Waals surface area (Å²) < 4.78 is 21.7. The maximum absolute atomic E-state index is 14.5. The zero-order valence-corrected chi connectivity index (χ0v) is 15.4. The number of rotatable bonds is 3. The molecule has 0 amide bonds. The van der Waals surface area contributed by atoms with E-state index >= 15 is 0 Å². The Bertz CT molecular complexity index is 1020. The topological polar surface area (TPSA) is 70.3 Å². The standard InChI is InChI=1S/C18H18ClFN2O4/c1-9(2)26-17(24)11-7-15(13(20)8-12(11)19)22-16(23)10-5-4-6-14(10)21(3)18(22)25/h7-9H,4-6H2,1-3H3. The van der Waals surface area contributed by atoms with Crippen molar-refractivity contribution in [3.8, 4) is 5.69 Å². The van der Waals surface area contributed by atoms with Gasteiger partial charge < -0.3 is 9.30 Å². The molecule has 0 fully saturated rings. The third-order valence-corrected chi connectivity index (χ3v) is 4.69. The first-order valence-electron chi connectivity index (χ1n) is 8.26. The lowest BCUT2D eigenvalue weighted by Gasteiger charge is -2.15. The van der Waals surface area contributed by atoms with E-state index in [9.17, 15) is 18.8 Å². The highest BCUT2D eigenvalue weighted by Gasteiger charge is 2.25. The number of nitrogens with zero attached hydrogens (tertiary/aromatic N) is 2. The van der Waals surface area contributed by atoms with E-state index in [2.05, 4.69) is 0 Å². The van der Waals surface area contributed by atoms with E-state index in [-0.39, 0.29) is 16.3 Å². The highest BCUT2D eigenvalue weighted by atomic mass is 35.5. The quantitative estimate of drug-likeness (QED) is 0.766. The molecular formula is C18H18ClFN2O4. The molecule has 1 aliphatic rings. The molecule has 0 bridgehead atoms. The van der Waals surface area contributed by atoms with Crippen LogP contribution in [0.5, 0.6) is 0 Å². The summed E-state index contributed by atoms with van der Waals surface area (Å²) in [5.74, 6) is -1.62. The monoisotopic (exact) mass is 380 g/mol. The zero-order chi connectivity index (χ0) is 19.2. The summed E-state index contributed by atoms with van der Waals surface area (Å²) in [6.45, 7) is 3.33. The summed E-state index contributed by atoms with van der Waals surface area (Å²) in [4.78, 5) is 37.6. The fourth-order valence-electron chi connectivity index (χ4n) is 3.17. The van der Waals surface area contributed by atoms with Crippen LogP contribution in [0.4, 0.5) is 4.39 Å². The van der Waals surface area contributed by atoms with E-state index in [4.69, 9.17) is 16.3 Å². The van der Waals surface area contributed by atoms with Crippen LogP contribution in [0.2, 0.25) is 5.02 Å². The van der Waals surface area contributed by atoms with Crippen molar-refractivity contribution in [3.05, 3.63) is 60.6 Å². The highest BCUT2D eigenvalue weighted by Crippen LogP contribution is 2.24. The highest BCUT2D eigenvalue weighted by molar-refractivity contribution is 6.33. The number of hydrogen-bond donors (Lipinski definition) is 0. The number of esters is 1. The number of fused-ring (bicyclic) bond motifs is 1. The van der Waals surface area contributed by atoms with E-state index in [1.54, 1.807) is 20.9 Å². The van der Waals surface area contributed by atoms with Gasteiger partial charge in [-0.2, -0.15) is 0 Å². The van der Waals surface area contributed by atoms with Crippen LogP contribution in [0, 0.1) is 5.82 Å². The van der Waals surface area contributed by atoms with Gasteiger partial charge in [-0.1, -0.05) is 11.6 Å². The Kier molecular flexibility index (Phi) is 4.75. The van der Waals surface area contributed by atoms with Crippen molar-refractivity contribution in [2.45, 2.75) is 39.2 Å². The van der Waals surface area contributed by atoms with Crippen LogP contribution in [-0.4, -0.2) is 21.2 Å². The maximum atomic E-state index is 14.5. The third-order valence-electron chi connectivity index (χ3n) is 4.37. The lowest BCUT2D eigenvalue weighted by atomic mass is 10.1. The van der Waals surface area contributed by atoms with Gasteiger partial charge in [0, 0.05) is 18.3 Å². The van der Waals surface area contributed by atoms with Crippen molar-refractivity contribution in [2.24, 2.45) is 7.05 Å². The Morgan fingerprint density at radius 1 is 1.27 bits per heavy atom. The predicted octanol–water partition coefficient (Wildman–Crippen LogP) is 2.38. The van der Waals surface area contributed by atoms with E-state index in [1.165, 1.54) is 4.57 Å². The average molecular weight is 381 g/mol. The van der Waals surface area contributed by atoms with Gasteiger partial charge >= 0.3 is 11.7 Å². The summed E-state index contributed by atoms with van der Waals surface area (Å²) in [6.07, 6.45) is 1.52. The van der Waals surface area contributed by atoms with Gasteiger partial charge in [-0.15, -0.1) is 0 Å². The number of halogens is 2. The molecule has 0 aliphatic heterocycles. The largest absolute Gasteiger partial charge is 0.459 e. The summed E-state index contributed by atoms with van der Waals surface area (Å²) in [7, 11) is 1.55.